The lowest BCUT2D eigenvalue weighted by Gasteiger charge is -2.20. The molecule has 124 valence electrons. The third-order valence-electron chi connectivity index (χ3n) is 4.11. The molecule has 4 rings (SSSR count). The van der Waals surface area contributed by atoms with Gasteiger partial charge in [-0.2, -0.15) is 5.10 Å². The van der Waals surface area contributed by atoms with Gasteiger partial charge in [0.1, 0.15) is 0 Å². The Morgan fingerprint density at radius 2 is 1.96 bits per heavy atom. The summed E-state index contributed by atoms with van der Waals surface area (Å²) in [4.78, 5) is 14.8. The molecule has 0 bridgehead atoms. The van der Waals surface area contributed by atoms with Gasteiger partial charge in [-0.05, 0) is 49.4 Å². The van der Waals surface area contributed by atoms with E-state index in [9.17, 15) is 4.79 Å². The Balaban J connectivity index is 1.58. The van der Waals surface area contributed by atoms with Crippen LogP contribution in [0.15, 0.2) is 64.5 Å². The molecule has 0 amide bonds. The number of nitrogens with one attached hydrogen (secondary N) is 1. The van der Waals surface area contributed by atoms with Crippen molar-refractivity contribution < 1.29 is 4.79 Å². The fraction of sp³-hybridized carbons (Fsp3) is 0.100. The van der Waals surface area contributed by atoms with Crippen LogP contribution >= 0.6 is 11.8 Å². The first-order chi connectivity index (χ1) is 12.1. The molecule has 1 N–H and O–H groups in total. The van der Waals surface area contributed by atoms with E-state index in [0.29, 0.717) is 5.56 Å². The van der Waals surface area contributed by atoms with Crippen LogP contribution in [0.5, 0.6) is 0 Å². The fourth-order valence-electron chi connectivity index (χ4n) is 2.84. The van der Waals surface area contributed by atoms with E-state index in [0.717, 1.165) is 27.5 Å². The largest absolute Gasteiger partial charge is 0.354 e. The molecule has 2 aromatic carbocycles. The summed E-state index contributed by atoms with van der Waals surface area (Å²) in [6.07, 6.45) is 5.33. The summed E-state index contributed by atoms with van der Waals surface area (Å²) >= 11 is 1.72. The van der Waals surface area contributed by atoms with E-state index >= 15 is 0 Å². The van der Waals surface area contributed by atoms with Gasteiger partial charge < -0.3 is 5.32 Å². The summed E-state index contributed by atoms with van der Waals surface area (Å²) in [5.41, 5.74) is 4.58. The lowest BCUT2D eigenvalue weighted by molar-refractivity contribution is 0.104. The summed E-state index contributed by atoms with van der Waals surface area (Å²) < 4.78 is 1.75. The molecule has 25 heavy (non-hydrogen) atoms. The lowest BCUT2D eigenvalue weighted by atomic mass is 10.1. The van der Waals surface area contributed by atoms with Crippen molar-refractivity contribution in [2.75, 3.05) is 5.32 Å². The number of aryl methyl sites for hydroxylation is 2. The van der Waals surface area contributed by atoms with Crippen molar-refractivity contribution in [1.29, 1.82) is 0 Å². The second-order valence-corrected chi connectivity index (χ2v) is 7.06. The molecule has 1 aliphatic heterocycles. The smallest absolute Gasteiger partial charge is 0.185 e. The molecule has 0 saturated heterocycles. The third-order valence-corrected chi connectivity index (χ3v) is 5.26. The molecule has 0 spiro atoms. The predicted octanol–water partition coefficient (Wildman–Crippen LogP) is 4.83. The highest BCUT2D eigenvalue weighted by atomic mass is 32.2. The molecular weight excluding hydrogens is 330 g/mol. The first-order valence-electron chi connectivity index (χ1n) is 8.01. The fourth-order valence-corrected chi connectivity index (χ4v) is 3.80. The molecule has 5 heteroatoms. The second kappa shape index (κ2) is 6.26. The number of para-hydroxylation sites is 1. The van der Waals surface area contributed by atoms with Gasteiger partial charge in [0.05, 0.1) is 17.1 Å². The molecule has 0 fully saturated rings. The number of rotatable bonds is 3. The topological polar surface area (TPSA) is 46.9 Å². The van der Waals surface area contributed by atoms with Crippen LogP contribution in [0.25, 0.3) is 6.08 Å². The van der Waals surface area contributed by atoms with Gasteiger partial charge in [-0.3, -0.25) is 9.48 Å². The number of aromatic nitrogens is 2. The number of carbonyl (C=O) groups is 1. The van der Waals surface area contributed by atoms with E-state index < -0.39 is 0 Å². The SMILES string of the molecule is Cc1nn(C)cc1/C=C/C(=O)c1ccc2c(c1)Nc1ccccc1S2. The Morgan fingerprint density at radius 3 is 2.76 bits per heavy atom. The highest BCUT2D eigenvalue weighted by molar-refractivity contribution is 7.99. The first-order valence-corrected chi connectivity index (χ1v) is 8.82. The van der Waals surface area contributed by atoms with Gasteiger partial charge in [-0.25, -0.2) is 0 Å². The number of nitrogens with zero attached hydrogens (tertiary/aromatic N) is 2. The summed E-state index contributed by atoms with van der Waals surface area (Å²) in [6.45, 7) is 1.93. The van der Waals surface area contributed by atoms with Gasteiger partial charge >= 0.3 is 0 Å². The van der Waals surface area contributed by atoms with Crippen molar-refractivity contribution in [3.8, 4) is 0 Å². The summed E-state index contributed by atoms with van der Waals surface area (Å²) in [7, 11) is 1.87. The molecule has 2 heterocycles. The van der Waals surface area contributed by atoms with Crippen LogP contribution in [0.3, 0.4) is 0 Å². The maximum absolute atomic E-state index is 12.5. The minimum Gasteiger partial charge on any atom is -0.354 e. The van der Waals surface area contributed by atoms with Gasteiger partial charge in [0.15, 0.2) is 5.78 Å². The maximum atomic E-state index is 12.5. The van der Waals surface area contributed by atoms with E-state index in [1.54, 1.807) is 22.5 Å². The van der Waals surface area contributed by atoms with Crippen molar-refractivity contribution in [3.63, 3.8) is 0 Å². The van der Waals surface area contributed by atoms with Crippen molar-refractivity contribution >= 4 is 35.0 Å². The van der Waals surface area contributed by atoms with Crippen LogP contribution in [-0.4, -0.2) is 15.6 Å². The van der Waals surface area contributed by atoms with Gasteiger partial charge in [0.25, 0.3) is 0 Å². The summed E-state index contributed by atoms with van der Waals surface area (Å²) in [6, 6.07) is 14.0. The van der Waals surface area contributed by atoms with Crippen molar-refractivity contribution in [2.45, 2.75) is 16.7 Å². The second-order valence-electron chi connectivity index (χ2n) is 5.98. The Hall–Kier alpha value is -2.79. The Labute approximate surface area is 150 Å². The lowest BCUT2D eigenvalue weighted by Crippen LogP contribution is -2.02. The monoisotopic (exact) mass is 347 g/mol. The molecule has 0 unspecified atom stereocenters. The van der Waals surface area contributed by atoms with Crippen LogP contribution in [0.2, 0.25) is 0 Å². The number of carbonyl (C=O) groups excluding carboxylic acids is 1. The molecule has 0 aliphatic carbocycles. The van der Waals surface area contributed by atoms with E-state index in [1.807, 2.05) is 62.6 Å². The first kappa shape index (κ1) is 15.7. The Bertz CT molecular complexity index is 1000. The van der Waals surface area contributed by atoms with Crippen LogP contribution < -0.4 is 5.32 Å². The van der Waals surface area contributed by atoms with Crippen LogP contribution in [-0.2, 0) is 7.05 Å². The molecule has 4 nitrogen and oxygen atoms in total. The van der Waals surface area contributed by atoms with Gasteiger partial charge in [-0.15, -0.1) is 0 Å². The third kappa shape index (κ3) is 3.10. The Kier molecular flexibility index (Phi) is 3.93. The van der Waals surface area contributed by atoms with E-state index in [1.165, 1.54) is 4.90 Å². The molecule has 0 radical (unpaired) electrons. The molecule has 1 aromatic heterocycles. The summed E-state index contributed by atoms with van der Waals surface area (Å²) in [5, 5.41) is 7.69. The minimum absolute atomic E-state index is 0.0169. The number of ketones is 1. The van der Waals surface area contributed by atoms with Crippen molar-refractivity contribution in [2.24, 2.45) is 7.05 Å². The molecular formula is C20H17N3OS. The highest BCUT2D eigenvalue weighted by Crippen LogP contribution is 2.44. The van der Waals surface area contributed by atoms with Crippen LogP contribution in [0, 0.1) is 6.92 Å². The number of hydrogen-bond acceptors (Lipinski definition) is 4. The zero-order valence-electron chi connectivity index (χ0n) is 14.0. The number of fused-ring (bicyclic) bond motifs is 2. The molecule has 1 aliphatic rings. The molecule has 0 saturated carbocycles. The number of benzene rings is 2. The highest BCUT2D eigenvalue weighted by Gasteiger charge is 2.16. The average molecular weight is 347 g/mol. The van der Waals surface area contributed by atoms with Gasteiger partial charge in [-0.1, -0.05) is 23.9 Å². The van der Waals surface area contributed by atoms with Gasteiger partial charge in [0, 0.05) is 34.2 Å². The molecule has 3 aromatic rings. The summed E-state index contributed by atoms with van der Waals surface area (Å²) in [5.74, 6) is -0.0169. The van der Waals surface area contributed by atoms with Crippen LogP contribution in [0.1, 0.15) is 21.6 Å². The molecule has 0 atom stereocenters. The minimum atomic E-state index is -0.0169. The zero-order chi connectivity index (χ0) is 17.4. The van der Waals surface area contributed by atoms with Gasteiger partial charge in [0.2, 0.25) is 0 Å². The van der Waals surface area contributed by atoms with E-state index in [4.69, 9.17) is 0 Å². The number of hydrogen-bond donors (Lipinski definition) is 1. The average Bonchev–Trinajstić information content (AvgIpc) is 2.94. The normalized spacial score (nSPS) is 12.6. The maximum Gasteiger partial charge on any atom is 0.185 e. The van der Waals surface area contributed by atoms with Crippen molar-refractivity contribution in [1.82, 2.24) is 9.78 Å². The van der Waals surface area contributed by atoms with Crippen LogP contribution in [0.4, 0.5) is 11.4 Å². The standard InChI is InChI=1S/C20H17N3OS/c1-13-15(12-23(2)22-13)7-9-18(24)14-8-10-20-17(11-14)21-16-5-3-4-6-19(16)25-20/h3-12,21H,1-2H3/b9-7+. The number of anilines is 2. The number of allylic oxidation sites excluding steroid dienone is 1. The zero-order valence-corrected chi connectivity index (χ0v) is 14.8. The van der Waals surface area contributed by atoms with E-state index in [-0.39, 0.29) is 5.78 Å². The van der Waals surface area contributed by atoms with Crippen molar-refractivity contribution in [3.05, 3.63) is 71.6 Å². The van der Waals surface area contributed by atoms with E-state index in [2.05, 4.69) is 16.5 Å². The predicted molar refractivity (Wildman–Crippen MR) is 102 cm³/mol. The quantitative estimate of drug-likeness (QED) is 0.426. The Morgan fingerprint density at radius 1 is 1.16 bits per heavy atom.